The van der Waals surface area contributed by atoms with Crippen LogP contribution in [-0.2, 0) is 0 Å². The van der Waals surface area contributed by atoms with Gasteiger partial charge in [0, 0.05) is 6.07 Å². The van der Waals surface area contributed by atoms with Gasteiger partial charge < -0.3 is 4.42 Å². The van der Waals surface area contributed by atoms with Gasteiger partial charge in [-0.15, -0.1) is 0 Å². The summed E-state index contributed by atoms with van der Waals surface area (Å²) in [5, 5.41) is 10.4. The number of benzene rings is 1. The summed E-state index contributed by atoms with van der Waals surface area (Å²) in [6, 6.07) is 4.44. The highest BCUT2D eigenvalue weighted by molar-refractivity contribution is 6.07. The fourth-order valence-corrected chi connectivity index (χ4v) is 1.35. The molecule has 1 aromatic carbocycles. The van der Waals surface area contributed by atoms with Crippen molar-refractivity contribution in [2.75, 3.05) is 0 Å². The van der Waals surface area contributed by atoms with Crippen molar-refractivity contribution in [3.05, 3.63) is 63.4 Å². The average molecular weight is 253 g/mol. The summed E-state index contributed by atoms with van der Waals surface area (Å²) in [6.07, 6.45) is 0. The second kappa shape index (κ2) is 4.36. The van der Waals surface area contributed by atoms with E-state index in [1.54, 1.807) is 0 Å². The van der Waals surface area contributed by atoms with Crippen LogP contribution in [-0.4, -0.2) is 10.7 Å². The Balaban J connectivity index is 2.38. The number of carbonyl (C=O) groups excluding carboxylic acids is 1. The lowest BCUT2D eigenvalue weighted by Gasteiger charge is -1.99. The maximum atomic E-state index is 13.3. The van der Waals surface area contributed by atoms with Crippen molar-refractivity contribution in [2.24, 2.45) is 0 Å². The molecule has 0 fully saturated rings. The normalized spacial score (nSPS) is 10.3. The number of carbonyl (C=O) groups is 1. The molecule has 0 saturated heterocycles. The van der Waals surface area contributed by atoms with E-state index in [-0.39, 0.29) is 5.76 Å². The Bertz CT molecular complexity index is 636. The Morgan fingerprint density at radius 2 is 1.94 bits per heavy atom. The summed E-state index contributed by atoms with van der Waals surface area (Å²) < 4.78 is 30.6. The number of nitrogens with zero attached hydrogens (tertiary/aromatic N) is 1. The van der Waals surface area contributed by atoms with E-state index in [0.29, 0.717) is 6.07 Å². The molecule has 1 heterocycles. The molecule has 0 atom stereocenters. The molecule has 7 heteroatoms. The van der Waals surface area contributed by atoms with E-state index in [9.17, 15) is 23.7 Å². The van der Waals surface area contributed by atoms with Crippen LogP contribution in [0, 0.1) is 21.7 Å². The van der Waals surface area contributed by atoms with E-state index in [1.807, 2.05) is 0 Å². The molecule has 18 heavy (non-hydrogen) atoms. The van der Waals surface area contributed by atoms with Crippen LogP contribution in [0.3, 0.4) is 0 Å². The van der Waals surface area contributed by atoms with Crippen LogP contribution in [0.2, 0.25) is 0 Å². The summed E-state index contributed by atoms with van der Waals surface area (Å²) in [6.45, 7) is 0. The minimum Gasteiger partial charge on any atom is -0.397 e. The van der Waals surface area contributed by atoms with E-state index < -0.39 is 33.8 Å². The monoisotopic (exact) mass is 253 g/mol. The lowest BCUT2D eigenvalue weighted by Crippen LogP contribution is -2.03. The van der Waals surface area contributed by atoms with Crippen LogP contribution in [0.15, 0.2) is 34.7 Å². The highest BCUT2D eigenvalue weighted by atomic mass is 19.1. The standard InChI is InChI=1S/C11H5F2NO4/c12-6-1-2-7(8(13)5-6)11(15)9-3-4-10(18-9)14(16)17/h1-5H. The molecule has 1 aromatic heterocycles. The molecule has 0 aliphatic heterocycles. The number of halogens is 2. The van der Waals surface area contributed by atoms with Crippen molar-refractivity contribution >= 4 is 11.7 Å². The SMILES string of the molecule is O=C(c1ccc([N+](=O)[O-])o1)c1ccc(F)cc1F. The van der Waals surface area contributed by atoms with Gasteiger partial charge in [0.25, 0.3) is 0 Å². The van der Waals surface area contributed by atoms with Crippen LogP contribution in [0.25, 0.3) is 0 Å². The highest BCUT2D eigenvalue weighted by Gasteiger charge is 2.21. The van der Waals surface area contributed by atoms with Gasteiger partial charge in [0.2, 0.25) is 5.78 Å². The molecular formula is C11H5F2NO4. The number of ketones is 1. The van der Waals surface area contributed by atoms with Gasteiger partial charge in [0.1, 0.15) is 16.6 Å². The molecular weight excluding hydrogens is 248 g/mol. The van der Waals surface area contributed by atoms with Gasteiger partial charge in [-0.1, -0.05) is 0 Å². The molecule has 0 bridgehead atoms. The number of hydrogen-bond acceptors (Lipinski definition) is 4. The first-order valence-corrected chi connectivity index (χ1v) is 4.73. The lowest BCUT2D eigenvalue weighted by atomic mass is 10.1. The highest BCUT2D eigenvalue weighted by Crippen LogP contribution is 2.20. The topological polar surface area (TPSA) is 73.3 Å². The fourth-order valence-electron chi connectivity index (χ4n) is 1.35. The first-order chi connectivity index (χ1) is 8.49. The van der Waals surface area contributed by atoms with Gasteiger partial charge in [-0.3, -0.25) is 14.9 Å². The Kier molecular flexibility index (Phi) is 2.88. The molecule has 0 saturated carbocycles. The molecule has 0 unspecified atom stereocenters. The molecule has 2 rings (SSSR count). The van der Waals surface area contributed by atoms with E-state index in [0.717, 1.165) is 24.3 Å². The first kappa shape index (κ1) is 11.9. The average Bonchev–Trinajstić information content (AvgIpc) is 2.77. The van der Waals surface area contributed by atoms with Gasteiger partial charge in [-0.25, -0.2) is 8.78 Å². The van der Waals surface area contributed by atoms with Crippen LogP contribution >= 0.6 is 0 Å². The summed E-state index contributed by atoms with van der Waals surface area (Å²) in [4.78, 5) is 21.3. The zero-order valence-corrected chi connectivity index (χ0v) is 8.72. The second-order valence-electron chi connectivity index (χ2n) is 3.35. The molecule has 0 amide bonds. The summed E-state index contributed by atoms with van der Waals surface area (Å²) in [7, 11) is 0. The van der Waals surface area contributed by atoms with Crippen molar-refractivity contribution in [2.45, 2.75) is 0 Å². The van der Waals surface area contributed by atoms with Crippen LogP contribution in [0.4, 0.5) is 14.7 Å². The third kappa shape index (κ3) is 2.10. The van der Waals surface area contributed by atoms with Crippen LogP contribution < -0.4 is 0 Å². The third-order valence-corrected chi connectivity index (χ3v) is 2.17. The minimum absolute atomic E-state index is 0.382. The summed E-state index contributed by atoms with van der Waals surface area (Å²) in [5.74, 6) is -3.78. The lowest BCUT2D eigenvalue weighted by molar-refractivity contribution is -0.402. The van der Waals surface area contributed by atoms with Crippen molar-refractivity contribution < 1.29 is 22.9 Å². The first-order valence-electron chi connectivity index (χ1n) is 4.73. The molecule has 5 nitrogen and oxygen atoms in total. The Labute approximate surface area is 98.8 Å². The molecule has 2 aromatic rings. The Morgan fingerprint density at radius 3 is 2.50 bits per heavy atom. The van der Waals surface area contributed by atoms with Gasteiger partial charge in [-0.2, -0.15) is 0 Å². The zero-order chi connectivity index (χ0) is 13.3. The second-order valence-corrected chi connectivity index (χ2v) is 3.35. The van der Waals surface area contributed by atoms with Crippen LogP contribution in [0.5, 0.6) is 0 Å². The van der Waals surface area contributed by atoms with Crippen LogP contribution in [0.1, 0.15) is 16.1 Å². The predicted octanol–water partition coefficient (Wildman–Crippen LogP) is 2.70. The van der Waals surface area contributed by atoms with Gasteiger partial charge in [0.15, 0.2) is 5.76 Å². The molecule has 92 valence electrons. The molecule has 0 aliphatic carbocycles. The summed E-state index contributed by atoms with van der Waals surface area (Å²) >= 11 is 0. The number of hydrogen-bond donors (Lipinski definition) is 0. The number of rotatable bonds is 3. The third-order valence-electron chi connectivity index (χ3n) is 2.17. The molecule has 0 aliphatic rings. The van der Waals surface area contributed by atoms with Gasteiger partial charge in [0.05, 0.1) is 11.6 Å². The largest absolute Gasteiger partial charge is 0.433 e. The zero-order valence-electron chi connectivity index (χ0n) is 8.72. The van der Waals surface area contributed by atoms with E-state index in [1.165, 1.54) is 0 Å². The van der Waals surface area contributed by atoms with E-state index >= 15 is 0 Å². The van der Waals surface area contributed by atoms with Crippen molar-refractivity contribution in [3.63, 3.8) is 0 Å². The van der Waals surface area contributed by atoms with E-state index in [4.69, 9.17) is 0 Å². The number of furan rings is 1. The van der Waals surface area contributed by atoms with Gasteiger partial charge >= 0.3 is 5.88 Å². The summed E-state index contributed by atoms with van der Waals surface area (Å²) in [5.41, 5.74) is -0.416. The van der Waals surface area contributed by atoms with Crippen molar-refractivity contribution in [1.29, 1.82) is 0 Å². The molecule has 0 radical (unpaired) electrons. The van der Waals surface area contributed by atoms with Crippen molar-refractivity contribution in [3.8, 4) is 0 Å². The molecule has 0 N–H and O–H groups in total. The van der Waals surface area contributed by atoms with Gasteiger partial charge in [-0.05, 0) is 18.2 Å². The smallest absolute Gasteiger partial charge is 0.397 e. The van der Waals surface area contributed by atoms with E-state index in [2.05, 4.69) is 4.42 Å². The maximum Gasteiger partial charge on any atom is 0.433 e. The van der Waals surface area contributed by atoms with Crippen molar-refractivity contribution in [1.82, 2.24) is 0 Å². The minimum atomic E-state index is -1.06. The predicted molar refractivity (Wildman–Crippen MR) is 55.2 cm³/mol. The Hall–Kier alpha value is -2.57. The quantitative estimate of drug-likeness (QED) is 0.479. The maximum absolute atomic E-state index is 13.3. The fraction of sp³-hybridized carbons (Fsp3) is 0. The Morgan fingerprint density at radius 1 is 1.22 bits per heavy atom. The molecule has 0 spiro atoms. The number of nitro groups is 1.